The first kappa shape index (κ1) is 8.96. The van der Waals surface area contributed by atoms with Crippen LogP contribution in [0.3, 0.4) is 0 Å². The molecule has 0 rings (SSSR count). The molecule has 0 aliphatic heterocycles. The lowest BCUT2D eigenvalue weighted by Gasteiger charge is -2.21. The summed E-state index contributed by atoms with van der Waals surface area (Å²) in [5, 5.41) is 0. The highest BCUT2D eigenvalue weighted by Gasteiger charge is 2.03. The molecule has 1 unspecified atom stereocenters. The van der Waals surface area contributed by atoms with Crippen LogP contribution in [0.5, 0.6) is 0 Å². The molecule has 0 heterocycles. The summed E-state index contributed by atoms with van der Waals surface area (Å²) in [6, 6.07) is 0.643. The van der Waals surface area contributed by atoms with Gasteiger partial charge in [0.2, 0.25) is 0 Å². The summed E-state index contributed by atoms with van der Waals surface area (Å²) in [6.07, 6.45) is 2.40. The molecular formula is C8H18N. The van der Waals surface area contributed by atoms with Gasteiger partial charge in [-0.15, -0.1) is 0 Å². The maximum atomic E-state index is 3.93. The lowest BCUT2D eigenvalue weighted by atomic mass is 10.2. The average molecular weight is 128 g/mol. The van der Waals surface area contributed by atoms with Crippen molar-refractivity contribution in [2.45, 2.75) is 39.7 Å². The summed E-state index contributed by atoms with van der Waals surface area (Å²) in [5.74, 6) is 0. The predicted octanol–water partition coefficient (Wildman–Crippen LogP) is 2.29. The van der Waals surface area contributed by atoms with Crippen molar-refractivity contribution < 1.29 is 0 Å². The minimum atomic E-state index is 0.643. The van der Waals surface area contributed by atoms with Crippen LogP contribution in [-0.4, -0.2) is 17.5 Å². The van der Waals surface area contributed by atoms with Crippen LogP contribution in [0.1, 0.15) is 33.6 Å². The molecule has 0 spiro atoms. The monoisotopic (exact) mass is 128 g/mol. The summed E-state index contributed by atoms with van der Waals surface area (Å²) in [4.78, 5) is 2.15. The van der Waals surface area contributed by atoms with Gasteiger partial charge in [-0.25, -0.2) is 0 Å². The molecule has 0 fully saturated rings. The van der Waals surface area contributed by atoms with E-state index in [9.17, 15) is 0 Å². The molecule has 0 aromatic heterocycles. The second kappa shape index (κ2) is 4.80. The van der Waals surface area contributed by atoms with Crippen molar-refractivity contribution in [2.24, 2.45) is 0 Å². The van der Waals surface area contributed by atoms with Crippen molar-refractivity contribution >= 4 is 0 Å². The van der Waals surface area contributed by atoms with E-state index in [-0.39, 0.29) is 0 Å². The van der Waals surface area contributed by atoms with E-state index in [2.05, 4.69) is 32.7 Å². The zero-order chi connectivity index (χ0) is 7.28. The maximum absolute atomic E-state index is 3.93. The SMILES string of the molecule is [CH2]N(CCC)C(C)CC. The van der Waals surface area contributed by atoms with E-state index >= 15 is 0 Å². The maximum Gasteiger partial charge on any atom is 0.0112 e. The van der Waals surface area contributed by atoms with Crippen molar-refractivity contribution in [2.75, 3.05) is 6.54 Å². The highest BCUT2D eigenvalue weighted by Crippen LogP contribution is 2.00. The molecule has 1 atom stereocenters. The van der Waals surface area contributed by atoms with Crippen molar-refractivity contribution in [1.82, 2.24) is 4.90 Å². The number of hydrogen-bond acceptors (Lipinski definition) is 1. The van der Waals surface area contributed by atoms with Crippen molar-refractivity contribution in [3.63, 3.8) is 0 Å². The lowest BCUT2D eigenvalue weighted by Crippen LogP contribution is -2.26. The Bertz CT molecular complexity index is 61.6. The third kappa shape index (κ3) is 3.52. The molecule has 1 radical (unpaired) electrons. The van der Waals surface area contributed by atoms with E-state index in [1.165, 1.54) is 12.8 Å². The Labute approximate surface area is 59.1 Å². The summed E-state index contributed by atoms with van der Waals surface area (Å²) >= 11 is 0. The molecule has 0 amide bonds. The minimum Gasteiger partial charge on any atom is -0.299 e. The molecule has 0 saturated carbocycles. The van der Waals surface area contributed by atoms with E-state index in [0.717, 1.165) is 6.54 Å². The van der Waals surface area contributed by atoms with Crippen LogP contribution in [0.25, 0.3) is 0 Å². The van der Waals surface area contributed by atoms with Gasteiger partial charge in [-0.2, -0.15) is 0 Å². The van der Waals surface area contributed by atoms with Gasteiger partial charge in [-0.3, -0.25) is 4.90 Å². The highest BCUT2D eigenvalue weighted by molar-refractivity contribution is 4.62. The van der Waals surface area contributed by atoms with E-state index in [0.29, 0.717) is 6.04 Å². The van der Waals surface area contributed by atoms with E-state index in [1.807, 2.05) is 0 Å². The van der Waals surface area contributed by atoms with Crippen LogP contribution in [0.4, 0.5) is 0 Å². The second-order valence-corrected chi connectivity index (χ2v) is 2.57. The van der Waals surface area contributed by atoms with Crippen molar-refractivity contribution in [3.8, 4) is 0 Å². The Kier molecular flexibility index (Phi) is 4.78. The average Bonchev–Trinajstić information content (AvgIpc) is 1.87. The summed E-state index contributed by atoms with van der Waals surface area (Å²) in [7, 11) is 3.93. The van der Waals surface area contributed by atoms with Crippen molar-refractivity contribution in [1.29, 1.82) is 0 Å². The Hall–Kier alpha value is -0.0400. The van der Waals surface area contributed by atoms with E-state index in [4.69, 9.17) is 0 Å². The molecule has 0 aromatic rings. The molecule has 0 saturated heterocycles. The Morgan fingerprint density at radius 2 is 2.00 bits per heavy atom. The third-order valence-electron chi connectivity index (χ3n) is 1.72. The molecule has 0 N–H and O–H groups in total. The second-order valence-electron chi connectivity index (χ2n) is 2.57. The fourth-order valence-corrected chi connectivity index (χ4v) is 0.766. The zero-order valence-electron chi connectivity index (χ0n) is 6.85. The molecule has 0 aliphatic rings. The standard InChI is InChI=1S/C8H18N/c1-5-7-9(4)8(3)6-2/h8H,4-7H2,1-3H3. The molecular weight excluding hydrogens is 110 g/mol. The first-order valence-electron chi connectivity index (χ1n) is 3.79. The minimum absolute atomic E-state index is 0.643. The largest absolute Gasteiger partial charge is 0.299 e. The van der Waals surface area contributed by atoms with Gasteiger partial charge in [-0.1, -0.05) is 13.8 Å². The summed E-state index contributed by atoms with van der Waals surface area (Å²) in [5.41, 5.74) is 0. The van der Waals surface area contributed by atoms with E-state index in [1.54, 1.807) is 0 Å². The molecule has 0 aromatic carbocycles. The molecule has 1 nitrogen and oxygen atoms in total. The quantitative estimate of drug-likeness (QED) is 0.561. The van der Waals surface area contributed by atoms with Crippen LogP contribution in [0.15, 0.2) is 0 Å². The topological polar surface area (TPSA) is 3.24 Å². The molecule has 1 heteroatoms. The zero-order valence-corrected chi connectivity index (χ0v) is 6.85. The Morgan fingerprint density at radius 1 is 1.44 bits per heavy atom. The summed E-state index contributed by atoms with van der Waals surface area (Å²) < 4.78 is 0. The first-order chi connectivity index (χ1) is 4.22. The van der Waals surface area contributed by atoms with Gasteiger partial charge in [0.1, 0.15) is 0 Å². The van der Waals surface area contributed by atoms with Gasteiger partial charge in [0.25, 0.3) is 0 Å². The fraction of sp³-hybridized carbons (Fsp3) is 0.875. The number of rotatable bonds is 4. The Morgan fingerprint density at radius 3 is 2.33 bits per heavy atom. The first-order valence-corrected chi connectivity index (χ1v) is 3.79. The highest BCUT2D eigenvalue weighted by atomic mass is 15.1. The van der Waals surface area contributed by atoms with Gasteiger partial charge >= 0.3 is 0 Å². The van der Waals surface area contributed by atoms with Crippen LogP contribution in [-0.2, 0) is 0 Å². The molecule has 9 heavy (non-hydrogen) atoms. The molecule has 55 valence electrons. The fourth-order valence-electron chi connectivity index (χ4n) is 0.766. The summed E-state index contributed by atoms with van der Waals surface area (Å²) in [6.45, 7) is 7.71. The van der Waals surface area contributed by atoms with E-state index < -0.39 is 0 Å². The predicted molar refractivity (Wildman–Crippen MR) is 42.1 cm³/mol. The van der Waals surface area contributed by atoms with Crippen LogP contribution in [0.2, 0.25) is 0 Å². The van der Waals surface area contributed by atoms with Crippen LogP contribution >= 0.6 is 0 Å². The molecule has 0 aliphatic carbocycles. The van der Waals surface area contributed by atoms with Crippen molar-refractivity contribution in [3.05, 3.63) is 7.05 Å². The lowest BCUT2D eigenvalue weighted by molar-refractivity contribution is 0.282. The van der Waals surface area contributed by atoms with Crippen LogP contribution < -0.4 is 0 Å². The number of nitrogens with zero attached hydrogens (tertiary/aromatic N) is 1. The van der Waals surface area contributed by atoms with Gasteiger partial charge in [-0.05, 0) is 26.3 Å². The smallest absolute Gasteiger partial charge is 0.0112 e. The van der Waals surface area contributed by atoms with Gasteiger partial charge in [0, 0.05) is 13.1 Å². The van der Waals surface area contributed by atoms with Gasteiger partial charge in [0.15, 0.2) is 0 Å². The van der Waals surface area contributed by atoms with Gasteiger partial charge < -0.3 is 0 Å². The van der Waals surface area contributed by atoms with Crippen LogP contribution in [0, 0.1) is 7.05 Å². The third-order valence-corrected chi connectivity index (χ3v) is 1.72. The van der Waals surface area contributed by atoms with Gasteiger partial charge in [0.05, 0.1) is 0 Å². The number of hydrogen-bond donors (Lipinski definition) is 0. The molecule has 0 bridgehead atoms. The Balaban J connectivity index is 3.32. The normalized spacial score (nSPS) is 14.3.